The zero-order valence-corrected chi connectivity index (χ0v) is 15.2. The van der Waals surface area contributed by atoms with Crippen molar-refractivity contribution in [3.63, 3.8) is 0 Å². The number of carbonyl (C=O) groups excluding carboxylic acids is 1. The third-order valence-corrected chi connectivity index (χ3v) is 5.55. The van der Waals surface area contributed by atoms with Gasteiger partial charge in [0.05, 0.1) is 0 Å². The average Bonchev–Trinajstić information content (AvgIpc) is 2.97. The first-order valence-corrected chi connectivity index (χ1v) is 9.62. The molecule has 0 amide bonds. The van der Waals surface area contributed by atoms with Gasteiger partial charge < -0.3 is 10.5 Å². The van der Waals surface area contributed by atoms with Crippen molar-refractivity contribution >= 4 is 22.3 Å². The van der Waals surface area contributed by atoms with Crippen molar-refractivity contribution in [3.05, 3.63) is 40.8 Å². The van der Waals surface area contributed by atoms with Crippen LogP contribution < -0.4 is 5.73 Å². The number of ether oxygens (including phenoxy) is 1. The zero-order valence-electron chi connectivity index (χ0n) is 14.4. The number of nitrogens with two attached hydrogens (primary N) is 1. The molecule has 1 aliphatic rings. The molecular weight excluding hydrogens is 318 g/mol. The molecule has 1 aromatic heterocycles. The van der Waals surface area contributed by atoms with Crippen molar-refractivity contribution in [2.24, 2.45) is 0 Å². The number of carbonyl (C=O) groups is 1. The van der Waals surface area contributed by atoms with Crippen LogP contribution in [0.25, 0.3) is 11.1 Å². The number of hydrogen-bond donors (Lipinski definition) is 1. The molecule has 0 unspecified atom stereocenters. The van der Waals surface area contributed by atoms with Crippen LogP contribution in [0.5, 0.6) is 0 Å². The van der Waals surface area contributed by atoms with E-state index in [1.54, 1.807) is 0 Å². The normalized spacial score (nSPS) is 15.6. The molecule has 2 aromatic rings. The number of rotatable bonds is 4. The van der Waals surface area contributed by atoms with Gasteiger partial charge in [-0.05, 0) is 42.7 Å². The highest BCUT2D eigenvalue weighted by atomic mass is 32.1. The smallest absolute Gasteiger partial charge is 0.342 e. The zero-order chi connectivity index (χ0) is 17.1. The van der Waals surface area contributed by atoms with Crippen LogP contribution in [0.1, 0.15) is 67.8 Å². The Labute approximate surface area is 147 Å². The lowest BCUT2D eigenvalue weighted by Gasteiger charge is -2.22. The van der Waals surface area contributed by atoms with Gasteiger partial charge in [0.15, 0.2) is 0 Å². The second-order valence-corrected chi connectivity index (χ2v) is 7.74. The first-order valence-electron chi connectivity index (χ1n) is 8.74. The Morgan fingerprint density at radius 3 is 2.46 bits per heavy atom. The predicted octanol–water partition coefficient (Wildman–Crippen LogP) is 5.61. The standard InChI is InChI=1S/C20H25NO2S/c1-13(2)14-8-10-15(11-9-14)17-12-24-19(21)18(17)20(22)23-16-6-4-3-5-7-16/h8-13,16H,3-7,21H2,1-2H3. The molecule has 24 heavy (non-hydrogen) atoms. The van der Waals surface area contributed by atoms with Crippen LogP contribution in [0.2, 0.25) is 0 Å². The van der Waals surface area contributed by atoms with Gasteiger partial charge >= 0.3 is 5.97 Å². The van der Waals surface area contributed by atoms with Crippen LogP contribution in [0.4, 0.5) is 5.00 Å². The quantitative estimate of drug-likeness (QED) is 0.734. The largest absolute Gasteiger partial charge is 0.459 e. The highest BCUT2D eigenvalue weighted by Gasteiger charge is 2.24. The Morgan fingerprint density at radius 2 is 1.83 bits per heavy atom. The minimum atomic E-state index is -0.274. The van der Waals surface area contributed by atoms with Gasteiger partial charge in [-0.25, -0.2) is 4.79 Å². The van der Waals surface area contributed by atoms with E-state index in [9.17, 15) is 4.79 Å². The van der Waals surface area contributed by atoms with Gasteiger partial charge in [-0.1, -0.05) is 44.5 Å². The molecule has 0 atom stereocenters. The molecule has 1 saturated carbocycles. The number of thiophene rings is 1. The third kappa shape index (κ3) is 3.64. The Balaban J connectivity index is 1.83. The average molecular weight is 343 g/mol. The molecule has 2 N–H and O–H groups in total. The van der Waals surface area contributed by atoms with Gasteiger partial charge in [-0.2, -0.15) is 0 Å². The maximum atomic E-state index is 12.7. The summed E-state index contributed by atoms with van der Waals surface area (Å²) in [6.07, 6.45) is 5.49. The van der Waals surface area contributed by atoms with Gasteiger partial charge in [-0.15, -0.1) is 11.3 Å². The van der Waals surface area contributed by atoms with E-state index in [-0.39, 0.29) is 12.1 Å². The summed E-state index contributed by atoms with van der Waals surface area (Å²) in [5.74, 6) is 0.214. The minimum Gasteiger partial charge on any atom is -0.459 e. The van der Waals surface area contributed by atoms with Crippen molar-refractivity contribution in [2.45, 2.75) is 58.0 Å². The molecule has 128 valence electrons. The monoisotopic (exact) mass is 343 g/mol. The van der Waals surface area contributed by atoms with E-state index in [4.69, 9.17) is 10.5 Å². The molecule has 4 heteroatoms. The van der Waals surface area contributed by atoms with Gasteiger partial charge in [0.1, 0.15) is 16.7 Å². The maximum absolute atomic E-state index is 12.7. The topological polar surface area (TPSA) is 52.3 Å². The molecule has 0 saturated heterocycles. The summed E-state index contributed by atoms with van der Waals surface area (Å²) in [6, 6.07) is 8.36. The molecule has 1 aliphatic carbocycles. The Hall–Kier alpha value is -1.81. The van der Waals surface area contributed by atoms with E-state index in [2.05, 4.69) is 38.1 Å². The fourth-order valence-corrected chi connectivity index (χ4v) is 4.05. The van der Waals surface area contributed by atoms with Crippen molar-refractivity contribution in [1.82, 2.24) is 0 Å². The molecule has 0 radical (unpaired) electrons. The second-order valence-electron chi connectivity index (χ2n) is 6.83. The highest BCUT2D eigenvalue weighted by molar-refractivity contribution is 7.14. The molecule has 0 aliphatic heterocycles. The first-order chi connectivity index (χ1) is 11.6. The summed E-state index contributed by atoms with van der Waals surface area (Å²) in [6.45, 7) is 4.34. The van der Waals surface area contributed by atoms with Crippen LogP contribution >= 0.6 is 11.3 Å². The Bertz CT molecular complexity index is 697. The summed E-state index contributed by atoms with van der Waals surface area (Å²) in [7, 11) is 0. The van der Waals surface area contributed by atoms with Gasteiger partial charge in [0, 0.05) is 10.9 Å². The van der Waals surface area contributed by atoms with Crippen LogP contribution in [-0.2, 0) is 4.74 Å². The van der Waals surface area contributed by atoms with Crippen LogP contribution in [0.3, 0.4) is 0 Å². The molecule has 0 spiro atoms. The fourth-order valence-electron chi connectivity index (χ4n) is 3.24. The Kier molecular flexibility index (Phi) is 5.24. The van der Waals surface area contributed by atoms with Crippen molar-refractivity contribution in [1.29, 1.82) is 0 Å². The number of benzene rings is 1. The summed E-state index contributed by atoms with van der Waals surface area (Å²) < 4.78 is 5.73. The predicted molar refractivity (Wildman–Crippen MR) is 101 cm³/mol. The summed E-state index contributed by atoms with van der Waals surface area (Å²) in [4.78, 5) is 12.7. The minimum absolute atomic E-state index is 0.0433. The summed E-state index contributed by atoms with van der Waals surface area (Å²) >= 11 is 1.40. The third-order valence-electron chi connectivity index (χ3n) is 4.74. The van der Waals surface area contributed by atoms with Crippen LogP contribution in [-0.4, -0.2) is 12.1 Å². The number of anilines is 1. The molecule has 3 nitrogen and oxygen atoms in total. The highest BCUT2D eigenvalue weighted by Crippen LogP contribution is 2.35. The van der Waals surface area contributed by atoms with E-state index in [1.807, 2.05) is 5.38 Å². The van der Waals surface area contributed by atoms with E-state index >= 15 is 0 Å². The molecule has 1 aromatic carbocycles. The van der Waals surface area contributed by atoms with E-state index in [0.717, 1.165) is 36.8 Å². The molecule has 1 fully saturated rings. The van der Waals surface area contributed by atoms with Crippen molar-refractivity contribution < 1.29 is 9.53 Å². The molecular formula is C20H25NO2S. The Morgan fingerprint density at radius 1 is 1.17 bits per heavy atom. The van der Waals surface area contributed by atoms with E-state index in [1.165, 1.54) is 23.3 Å². The molecule has 3 rings (SSSR count). The van der Waals surface area contributed by atoms with Gasteiger partial charge in [0.2, 0.25) is 0 Å². The second kappa shape index (κ2) is 7.39. The van der Waals surface area contributed by atoms with Gasteiger partial charge in [0.25, 0.3) is 0 Å². The van der Waals surface area contributed by atoms with Crippen LogP contribution in [0, 0.1) is 0 Å². The van der Waals surface area contributed by atoms with Crippen molar-refractivity contribution in [3.8, 4) is 11.1 Å². The molecule has 0 bridgehead atoms. The lowest BCUT2D eigenvalue weighted by molar-refractivity contribution is 0.0214. The lowest BCUT2D eigenvalue weighted by Crippen LogP contribution is -2.21. The number of nitrogen functional groups attached to an aromatic ring is 1. The van der Waals surface area contributed by atoms with Crippen LogP contribution in [0.15, 0.2) is 29.6 Å². The molecule has 1 heterocycles. The number of esters is 1. The van der Waals surface area contributed by atoms with Crippen molar-refractivity contribution in [2.75, 3.05) is 5.73 Å². The van der Waals surface area contributed by atoms with Gasteiger partial charge in [-0.3, -0.25) is 0 Å². The maximum Gasteiger partial charge on any atom is 0.342 e. The summed E-state index contributed by atoms with van der Waals surface area (Å²) in [5.41, 5.74) is 9.80. The summed E-state index contributed by atoms with van der Waals surface area (Å²) in [5, 5.41) is 2.50. The SMILES string of the molecule is CC(C)c1ccc(-c2csc(N)c2C(=O)OC2CCCCC2)cc1. The fraction of sp³-hybridized carbons (Fsp3) is 0.450. The lowest BCUT2D eigenvalue weighted by atomic mass is 9.97. The van der Waals surface area contributed by atoms with E-state index < -0.39 is 0 Å². The first kappa shape index (κ1) is 17.0. The number of hydrogen-bond acceptors (Lipinski definition) is 4. The van der Waals surface area contributed by atoms with E-state index in [0.29, 0.717) is 16.5 Å².